The summed E-state index contributed by atoms with van der Waals surface area (Å²) in [6, 6.07) is 2.50. The number of nitrogens with zero attached hydrogens (tertiary/aromatic N) is 3. The summed E-state index contributed by atoms with van der Waals surface area (Å²) in [5.41, 5.74) is 2.07. The Morgan fingerprint density at radius 3 is 2.88 bits per heavy atom. The van der Waals surface area contributed by atoms with Gasteiger partial charge in [-0.15, -0.1) is 0 Å². The number of aromatic nitrogens is 1. The second kappa shape index (κ2) is 7.33. The van der Waals surface area contributed by atoms with Crippen LogP contribution in [0.25, 0.3) is 0 Å². The quantitative estimate of drug-likeness (QED) is 0.888. The number of ether oxygens (including phenoxy) is 1. The van der Waals surface area contributed by atoms with Crippen molar-refractivity contribution in [3.05, 3.63) is 17.8 Å². The van der Waals surface area contributed by atoms with Crippen LogP contribution in [0.4, 0.5) is 16.3 Å². The number of carbonyl (C=O) groups is 1. The number of anilines is 2. The van der Waals surface area contributed by atoms with Crippen molar-refractivity contribution >= 4 is 17.6 Å². The molecule has 6 nitrogen and oxygen atoms in total. The van der Waals surface area contributed by atoms with E-state index in [1.54, 1.807) is 0 Å². The Morgan fingerprint density at radius 1 is 1.42 bits per heavy atom. The predicted octanol–water partition coefficient (Wildman–Crippen LogP) is 3.66. The van der Waals surface area contributed by atoms with Crippen LogP contribution < -0.4 is 10.2 Å². The summed E-state index contributed by atoms with van der Waals surface area (Å²) in [5, 5.41) is 3.35. The van der Waals surface area contributed by atoms with Gasteiger partial charge in [-0.25, -0.2) is 9.78 Å². The summed E-state index contributed by atoms with van der Waals surface area (Å²) in [5.74, 6) is 1.00. The van der Waals surface area contributed by atoms with Crippen LogP contribution in [-0.4, -0.2) is 53.3 Å². The van der Waals surface area contributed by atoms with E-state index in [2.05, 4.69) is 35.1 Å². The van der Waals surface area contributed by atoms with Crippen molar-refractivity contribution in [2.45, 2.75) is 71.6 Å². The number of hydrogen-bond donors (Lipinski definition) is 1. The molecule has 0 aliphatic carbocycles. The lowest BCUT2D eigenvalue weighted by Crippen LogP contribution is -2.48. The first-order valence-electron chi connectivity index (χ1n) is 9.78. The zero-order chi connectivity index (χ0) is 18.9. The predicted molar refractivity (Wildman–Crippen MR) is 105 cm³/mol. The Kier molecular flexibility index (Phi) is 5.30. The van der Waals surface area contributed by atoms with Crippen LogP contribution in [0.1, 0.15) is 53.0 Å². The van der Waals surface area contributed by atoms with Crippen LogP contribution in [0.3, 0.4) is 0 Å². The van der Waals surface area contributed by atoms with E-state index in [0.717, 1.165) is 44.7 Å². The monoisotopic (exact) mass is 360 g/mol. The molecule has 2 aliphatic heterocycles. The highest BCUT2D eigenvalue weighted by molar-refractivity contribution is 5.70. The minimum absolute atomic E-state index is 0.179. The van der Waals surface area contributed by atoms with Gasteiger partial charge in [-0.1, -0.05) is 0 Å². The van der Waals surface area contributed by atoms with Gasteiger partial charge >= 0.3 is 6.09 Å². The standard InChI is InChI=1S/C20H32N4O2/c1-6-23(17-10-12-22-18-16(17)9-11-21-18)13-15-8-7-14(2)24(15)19(25)26-20(3,4)5/h10,12,14-15H,6-9,11,13H2,1-5H3,(H,21,22). The lowest BCUT2D eigenvalue weighted by atomic mass is 10.1. The van der Waals surface area contributed by atoms with Gasteiger partial charge in [-0.05, 0) is 59.9 Å². The van der Waals surface area contributed by atoms with Gasteiger partial charge in [0.2, 0.25) is 0 Å². The molecule has 144 valence electrons. The van der Waals surface area contributed by atoms with E-state index < -0.39 is 5.60 Å². The Morgan fingerprint density at radius 2 is 2.19 bits per heavy atom. The molecule has 1 amide bonds. The topological polar surface area (TPSA) is 57.7 Å². The van der Waals surface area contributed by atoms with Crippen LogP contribution in [0.5, 0.6) is 0 Å². The average Bonchev–Trinajstić information content (AvgIpc) is 3.17. The molecule has 26 heavy (non-hydrogen) atoms. The largest absolute Gasteiger partial charge is 0.444 e. The van der Waals surface area contributed by atoms with E-state index in [4.69, 9.17) is 4.74 Å². The molecule has 2 atom stereocenters. The molecule has 1 fully saturated rings. The smallest absolute Gasteiger partial charge is 0.410 e. The van der Waals surface area contributed by atoms with Gasteiger partial charge in [-0.3, -0.25) is 0 Å². The zero-order valence-electron chi connectivity index (χ0n) is 16.7. The molecular formula is C20H32N4O2. The summed E-state index contributed by atoms with van der Waals surface area (Å²) >= 11 is 0. The number of nitrogens with one attached hydrogen (secondary N) is 1. The number of likely N-dealkylation sites (N-methyl/N-ethyl adjacent to an activating group) is 1. The van der Waals surface area contributed by atoms with Crippen LogP contribution in [-0.2, 0) is 11.2 Å². The summed E-state index contributed by atoms with van der Waals surface area (Å²) in [6.07, 6.45) is 4.73. The van der Waals surface area contributed by atoms with Gasteiger partial charge < -0.3 is 19.9 Å². The third-order valence-corrected chi connectivity index (χ3v) is 5.24. The molecule has 1 saturated heterocycles. The van der Waals surface area contributed by atoms with Gasteiger partial charge in [0.25, 0.3) is 0 Å². The number of likely N-dealkylation sites (tertiary alicyclic amines) is 1. The minimum Gasteiger partial charge on any atom is -0.444 e. The fourth-order valence-electron chi connectivity index (χ4n) is 4.03. The summed E-state index contributed by atoms with van der Waals surface area (Å²) < 4.78 is 5.67. The first kappa shape index (κ1) is 18.8. The fourth-order valence-corrected chi connectivity index (χ4v) is 4.03. The summed E-state index contributed by atoms with van der Waals surface area (Å²) in [7, 11) is 0. The van der Waals surface area contributed by atoms with E-state index >= 15 is 0 Å². The second-order valence-electron chi connectivity index (χ2n) is 8.34. The van der Waals surface area contributed by atoms with Crippen molar-refractivity contribution in [3.63, 3.8) is 0 Å². The fraction of sp³-hybridized carbons (Fsp3) is 0.700. The molecule has 1 N–H and O–H groups in total. The molecule has 6 heteroatoms. The maximum absolute atomic E-state index is 12.7. The SMILES string of the molecule is CCN(CC1CCC(C)N1C(=O)OC(C)(C)C)c1ccnc2c1CCN2. The highest BCUT2D eigenvalue weighted by atomic mass is 16.6. The number of carbonyl (C=O) groups excluding carboxylic acids is 1. The second-order valence-corrected chi connectivity index (χ2v) is 8.34. The highest BCUT2D eigenvalue weighted by Gasteiger charge is 2.38. The number of amides is 1. The normalized spacial score (nSPS) is 22.1. The first-order chi connectivity index (χ1) is 12.3. The van der Waals surface area contributed by atoms with Crippen LogP contribution in [0.2, 0.25) is 0 Å². The van der Waals surface area contributed by atoms with Gasteiger partial charge in [0.1, 0.15) is 11.4 Å². The molecule has 1 aromatic rings. The van der Waals surface area contributed by atoms with Crippen molar-refractivity contribution in [1.29, 1.82) is 0 Å². The number of fused-ring (bicyclic) bond motifs is 1. The zero-order valence-corrected chi connectivity index (χ0v) is 16.7. The van der Waals surface area contributed by atoms with Crippen molar-refractivity contribution in [2.75, 3.05) is 29.9 Å². The molecule has 0 spiro atoms. The van der Waals surface area contributed by atoms with Crippen LogP contribution in [0, 0.1) is 0 Å². The first-order valence-corrected chi connectivity index (χ1v) is 9.78. The average molecular weight is 361 g/mol. The molecule has 3 heterocycles. The molecule has 0 saturated carbocycles. The Balaban J connectivity index is 1.77. The van der Waals surface area contributed by atoms with E-state index in [-0.39, 0.29) is 18.2 Å². The van der Waals surface area contributed by atoms with Crippen molar-refractivity contribution in [1.82, 2.24) is 9.88 Å². The molecule has 2 aliphatic rings. The lowest BCUT2D eigenvalue weighted by Gasteiger charge is -2.35. The Labute approximate surface area is 156 Å². The van der Waals surface area contributed by atoms with Gasteiger partial charge in [0, 0.05) is 43.1 Å². The maximum atomic E-state index is 12.7. The summed E-state index contributed by atoms with van der Waals surface area (Å²) in [6.45, 7) is 12.7. The van der Waals surface area contributed by atoms with Gasteiger partial charge in [0.05, 0.1) is 6.04 Å². The molecular weight excluding hydrogens is 328 g/mol. The minimum atomic E-state index is -0.466. The van der Waals surface area contributed by atoms with E-state index in [9.17, 15) is 4.79 Å². The molecule has 2 unspecified atom stereocenters. The molecule has 3 rings (SSSR count). The Bertz CT molecular complexity index is 656. The van der Waals surface area contributed by atoms with E-state index in [0.29, 0.717) is 0 Å². The van der Waals surface area contributed by atoms with Crippen LogP contribution >= 0.6 is 0 Å². The lowest BCUT2D eigenvalue weighted by molar-refractivity contribution is 0.0166. The Hall–Kier alpha value is -1.98. The third kappa shape index (κ3) is 3.89. The van der Waals surface area contributed by atoms with E-state index in [1.165, 1.54) is 11.3 Å². The van der Waals surface area contributed by atoms with E-state index in [1.807, 2.05) is 31.9 Å². The maximum Gasteiger partial charge on any atom is 0.410 e. The number of hydrogen-bond acceptors (Lipinski definition) is 5. The van der Waals surface area contributed by atoms with Crippen molar-refractivity contribution in [3.8, 4) is 0 Å². The number of pyridine rings is 1. The van der Waals surface area contributed by atoms with Crippen molar-refractivity contribution < 1.29 is 9.53 Å². The van der Waals surface area contributed by atoms with Gasteiger partial charge in [0.15, 0.2) is 0 Å². The molecule has 0 bridgehead atoms. The third-order valence-electron chi connectivity index (χ3n) is 5.24. The van der Waals surface area contributed by atoms with Gasteiger partial charge in [-0.2, -0.15) is 0 Å². The summed E-state index contributed by atoms with van der Waals surface area (Å²) in [4.78, 5) is 21.5. The molecule has 0 aromatic carbocycles. The molecule has 0 radical (unpaired) electrons. The van der Waals surface area contributed by atoms with Crippen molar-refractivity contribution in [2.24, 2.45) is 0 Å². The molecule has 1 aromatic heterocycles. The highest BCUT2D eigenvalue weighted by Crippen LogP contribution is 2.32. The van der Waals surface area contributed by atoms with Crippen LogP contribution in [0.15, 0.2) is 12.3 Å². The number of rotatable bonds is 4.